The number of hydrogen-bond donors (Lipinski definition) is 3. The average Bonchev–Trinajstić information content (AvgIpc) is 2.98. The van der Waals surface area contributed by atoms with Crippen molar-refractivity contribution < 1.29 is 18.0 Å². The van der Waals surface area contributed by atoms with Gasteiger partial charge in [0, 0.05) is 44.4 Å². The third-order valence-electron chi connectivity index (χ3n) is 2.94. The molecule has 3 N–H and O–H groups in total. The van der Waals surface area contributed by atoms with Crippen molar-refractivity contribution in [3.63, 3.8) is 0 Å². The molecule has 1 aromatic heterocycles. The number of nitrogens with zero attached hydrogens (tertiary/aromatic N) is 2. The van der Waals surface area contributed by atoms with Crippen LogP contribution in [-0.4, -0.2) is 43.5 Å². The second-order valence-corrected chi connectivity index (χ2v) is 6.19. The first-order valence-corrected chi connectivity index (χ1v) is 8.35. The van der Waals surface area contributed by atoms with Crippen molar-refractivity contribution in [3.8, 4) is 0 Å². The number of carbonyl (C=O) groups excluding carboxylic acids is 1. The smallest absolute Gasteiger partial charge is 0.356 e. The number of aromatic nitrogens is 1. The standard InChI is InChI=1S/C14H22F3N5OS/c1-9(2)12(23)19-6-7-21-13(18-3)20-5-4-11-22-10(8-24-11)14(15,16)17/h8-9H,4-7H2,1-3H3,(H,19,23)(H2,18,20,21). The number of thiazole rings is 1. The minimum absolute atomic E-state index is 0.0241. The molecule has 0 aromatic carbocycles. The van der Waals surface area contributed by atoms with E-state index >= 15 is 0 Å². The molecule has 1 aromatic rings. The molecule has 136 valence electrons. The second kappa shape index (κ2) is 9.45. The van der Waals surface area contributed by atoms with Crippen molar-refractivity contribution in [1.29, 1.82) is 0 Å². The minimum atomic E-state index is -4.40. The fourth-order valence-corrected chi connectivity index (χ4v) is 2.44. The first kappa shape index (κ1) is 20.2. The normalized spacial score (nSPS) is 12.4. The maximum Gasteiger partial charge on any atom is 0.434 e. The van der Waals surface area contributed by atoms with Gasteiger partial charge in [-0.1, -0.05) is 13.8 Å². The summed E-state index contributed by atoms with van der Waals surface area (Å²) in [6.45, 7) is 4.98. The fourth-order valence-electron chi connectivity index (χ4n) is 1.64. The molecule has 24 heavy (non-hydrogen) atoms. The molecule has 10 heteroatoms. The summed E-state index contributed by atoms with van der Waals surface area (Å²) in [5.41, 5.74) is -0.856. The van der Waals surface area contributed by atoms with Gasteiger partial charge in [0.2, 0.25) is 5.91 Å². The molecular weight excluding hydrogens is 343 g/mol. The number of guanidine groups is 1. The van der Waals surface area contributed by atoms with Gasteiger partial charge in [-0.3, -0.25) is 9.79 Å². The van der Waals surface area contributed by atoms with E-state index in [0.29, 0.717) is 37.0 Å². The zero-order valence-electron chi connectivity index (χ0n) is 13.8. The van der Waals surface area contributed by atoms with Crippen molar-refractivity contribution in [3.05, 3.63) is 16.1 Å². The highest BCUT2D eigenvalue weighted by atomic mass is 32.1. The van der Waals surface area contributed by atoms with Crippen LogP contribution in [0.5, 0.6) is 0 Å². The van der Waals surface area contributed by atoms with Gasteiger partial charge in [-0.05, 0) is 0 Å². The molecule has 0 fully saturated rings. The SMILES string of the molecule is CN=C(NCCNC(=O)C(C)C)NCCc1nc(C(F)(F)F)cs1. The highest BCUT2D eigenvalue weighted by Gasteiger charge is 2.33. The predicted octanol–water partition coefficient (Wildman–Crippen LogP) is 1.64. The molecule has 0 saturated carbocycles. The molecule has 0 saturated heterocycles. The van der Waals surface area contributed by atoms with E-state index in [2.05, 4.69) is 25.9 Å². The zero-order chi connectivity index (χ0) is 18.2. The molecular formula is C14H22F3N5OS. The van der Waals surface area contributed by atoms with Gasteiger partial charge >= 0.3 is 6.18 Å². The molecule has 0 unspecified atom stereocenters. The highest BCUT2D eigenvalue weighted by molar-refractivity contribution is 7.09. The molecule has 1 amide bonds. The van der Waals surface area contributed by atoms with Crippen molar-refractivity contribution in [1.82, 2.24) is 20.9 Å². The Bertz CT molecular complexity index is 557. The lowest BCUT2D eigenvalue weighted by Crippen LogP contribution is -2.42. The van der Waals surface area contributed by atoms with Gasteiger partial charge in [-0.2, -0.15) is 13.2 Å². The lowest BCUT2D eigenvalue weighted by atomic mass is 10.2. The molecule has 0 spiro atoms. The van der Waals surface area contributed by atoms with Crippen LogP contribution in [-0.2, 0) is 17.4 Å². The summed E-state index contributed by atoms with van der Waals surface area (Å²) in [5.74, 6) is 0.424. The molecule has 0 radical (unpaired) electrons. The Labute approximate surface area is 143 Å². The van der Waals surface area contributed by atoms with Crippen LogP contribution in [0.1, 0.15) is 24.5 Å². The van der Waals surface area contributed by atoms with E-state index in [-0.39, 0.29) is 11.8 Å². The van der Waals surface area contributed by atoms with E-state index in [4.69, 9.17) is 0 Å². The summed E-state index contributed by atoms with van der Waals surface area (Å²) in [6, 6.07) is 0. The van der Waals surface area contributed by atoms with E-state index in [1.54, 1.807) is 7.05 Å². The molecule has 1 rings (SSSR count). The largest absolute Gasteiger partial charge is 0.434 e. The predicted molar refractivity (Wildman–Crippen MR) is 88.0 cm³/mol. The molecule has 0 bridgehead atoms. The molecule has 0 aliphatic carbocycles. The number of nitrogens with one attached hydrogen (secondary N) is 3. The van der Waals surface area contributed by atoms with Crippen LogP contribution >= 0.6 is 11.3 Å². The number of rotatable bonds is 7. The van der Waals surface area contributed by atoms with Crippen molar-refractivity contribution in [2.75, 3.05) is 26.7 Å². The van der Waals surface area contributed by atoms with E-state index in [0.717, 1.165) is 16.7 Å². The zero-order valence-corrected chi connectivity index (χ0v) is 14.6. The van der Waals surface area contributed by atoms with E-state index in [1.807, 2.05) is 13.8 Å². The van der Waals surface area contributed by atoms with Crippen LogP contribution in [0, 0.1) is 5.92 Å². The Morgan fingerprint density at radius 2 is 1.88 bits per heavy atom. The van der Waals surface area contributed by atoms with Crippen molar-refractivity contribution in [2.24, 2.45) is 10.9 Å². The third kappa shape index (κ3) is 7.16. The molecule has 0 aliphatic heterocycles. The number of alkyl halides is 3. The highest BCUT2D eigenvalue weighted by Crippen LogP contribution is 2.29. The average molecular weight is 365 g/mol. The van der Waals surface area contributed by atoms with Crippen LogP contribution in [0.4, 0.5) is 13.2 Å². The monoisotopic (exact) mass is 365 g/mol. The third-order valence-corrected chi connectivity index (χ3v) is 3.85. The van der Waals surface area contributed by atoms with Gasteiger partial charge < -0.3 is 16.0 Å². The molecule has 0 aliphatic rings. The quantitative estimate of drug-likeness (QED) is 0.390. The lowest BCUT2D eigenvalue weighted by molar-refractivity contribution is -0.140. The van der Waals surface area contributed by atoms with Gasteiger partial charge in [0.25, 0.3) is 0 Å². The first-order chi connectivity index (χ1) is 11.2. The van der Waals surface area contributed by atoms with Crippen LogP contribution in [0.2, 0.25) is 0 Å². The van der Waals surface area contributed by atoms with Crippen molar-refractivity contribution in [2.45, 2.75) is 26.4 Å². The summed E-state index contributed by atoms with van der Waals surface area (Å²) < 4.78 is 37.4. The van der Waals surface area contributed by atoms with Gasteiger partial charge in [0.15, 0.2) is 11.7 Å². The van der Waals surface area contributed by atoms with Crippen LogP contribution in [0.25, 0.3) is 0 Å². The van der Waals surface area contributed by atoms with Crippen LogP contribution < -0.4 is 16.0 Å². The molecule has 6 nitrogen and oxygen atoms in total. The number of carbonyl (C=O) groups is 1. The summed E-state index contributed by atoms with van der Waals surface area (Å²) in [7, 11) is 1.59. The Morgan fingerprint density at radius 1 is 1.25 bits per heavy atom. The Morgan fingerprint density at radius 3 is 2.42 bits per heavy atom. The maximum atomic E-state index is 12.5. The topological polar surface area (TPSA) is 78.4 Å². The van der Waals surface area contributed by atoms with Gasteiger partial charge in [0.1, 0.15) is 0 Å². The van der Waals surface area contributed by atoms with Gasteiger partial charge in [0.05, 0.1) is 5.01 Å². The van der Waals surface area contributed by atoms with Crippen molar-refractivity contribution >= 4 is 23.2 Å². The first-order valence-electron chi connectivity index (χ1n) is 7.48. The Balaban J connectivity index is 2.27. The number of halogens is 3. The summed E-state index contributed by atoms with van der Waals surface area (Å²) in [6.07, 6.45) is -4.04. The summed E-state index contributed by atoms with van der Waals surface area (Å²) in [4.78, 5) is 18.9. The van der Waals surface area contributed by atoms with Gasteiger partial charge in [-0.15, -0.1) is 11.3 Å². The summed E-state index contributed by atoms with van der Waals surface area (Å²) >= 11 is 0.984. The molecule has 0 atom stereocenters. The lowest BCUT2D eigenvalue weighted by Gasteiger charge is -2.12. The van der Waals surface area contributed by atoms with E-state index < -0.39 is 11.9 Å². The maximum absolute atomic E-state index is 12.5. The number of amides is 1. The van der Waals surface area contributed by atoms with Crippen LogP contribution in [0.3, 0.4) is 0 Å². The second-order valence-electron chi connectivity index (χ2n) is 5.25. The number of hydrogen-bond acceptors (Lipinski definition) is 4. The summed E-state index contributed by atoms with van der Waals surface area (Å²) in [5, 5.41) is 10.2. The van der Waals surface area contributed by atoms with E-state index in [1.165, 1.54) is 0 Å². The number of aliphatic imine (C=N–C) groups is 1. The fraction of sp³-hybridized carbons (Fsp3) is 0.643. The Hall–Kier alpha value is -1.84. The minimum Gasteiger partial charge on any atom is -0.356 e. The van der Waals surface area contributed by atoms with Gasteiger partial charge in [-0.25, -0.2) is 4.98 Å². The molecule has 1 heterocycles. The Kier molecular flexibility index (Phi) is 7.96. The van der Waals surface area contributed by atoms with Crippen LogP contribution in [0.15, 0.2) is 10.4 Å². The van der Waals surface area contributed by atoms with E-state index in [9.17, 15) is 18.0 Å².